The number of nitrogens with one attached hydrogen (secondary N) is 2. The molecule has 25 heavy (non-hydrogen) atoms. The maximum Gasteiger partial charge on any atom is 0.328 e. The Morgan fingerprint density at radius 3 is 2.56 bits per heavy atom. The number of hydrogen-bond acceptors (Lipinski definition) is 4. The second kappa shape index (κ2) is 7.62. The number of nitrogens with zero attached hydrogens (tertiary/aromatic N) is 1. The average Bonchev–Trinajstić information content (AvgIpc) is 2.56. The van der Waals surface area contributed by atoms with E-state index >= 15 is 0 Å². The molecule has 0 unspecified atom stereocenters. The van der Waals surface area contributed by atoms with E-state index in [-0.39, 0.29) is 11.2 Å². The van der Waals surface area contributed by atoms with E-state index in [2.05, 4.69) is 36.3 Å². The maximum absolute atomic E-state index is 12.2. The van der Waals surface area contributed by atoms with Gasteiger partial charge in [0.05, 0.1) is 6.54 Å². The van der Waals surface area contributed by atoms with Crippen LogP contribution in [0.5, 0.6) is 0 Å². The van der Waals surface area contributed by atoms with Crippen LogP contribution in [0.4, 0.5) is 0 Å². The van der Waals surface area contributed by atoms with Crippen LogP contribution in [0.25, 0.3) is 0 Å². The highest BCUT2D eigenvalue weighted by Gasteiger charge is 2.18. The highest BCUT2D eigenvalue weighted by Crippen LogP contribution is 2.34. The Hall–Kier alpha value is -1.79. The molecular weight excluding hydrogens is 334 g/mol. The fraction of sp³-hybridized carbons (Fsp3) is 0.474. The fourth-order valence-electron chi connectivity index (χ4n) is 3.33. The van der Waals surface area contributed by atoms with Gasteiger partial charge in [0.25, 0.3) is 5.56 Å². The number of piperidine rings is 1. The Morgan fingerprint density at radius 2 is 1.84 bits per heavy atom. The molecule has 6 heteroatoms. The Labute approximate surface area is 151 Å². The normalized spacial score (nSPS) is 15.5. The van der Waals surface area contributed by atoms with Crippen molar-refractivity contribution in [2.75, 3.05) is 13.1 Å². The van der Waals surface area contributed by atoms with Gasteiger partial charge >= 0.3 is 5.69 Å². The predicted octanol–water partition coefficient (Wildman–Crippen LogP) is 2.35. The van der Waals surface area contributed by atoms with Crippen LogP contribution < -0.4 is 16.6 Å². The van der Waals surface area contributed by atoms with Gasteiger partial charge in [0, 0.05) is 21.9 Å². The Balaban J connectivity index is 1.96. The van der Waals surface area contributed by atoms with Gasteiger partial charge < -0.3 is 5.32 Å². The molecule has 0 saturated carbocycles. The zero-order chi connectivity index (χ0) is 18.0. The smallest absolute Gasteiger partial charge is 0.317 e. The summed E-state index contributed by atoms with van der Waals surface area (Å²) in [6.45, 7) is 8.55. The second-order valence-electron chi connectivity index (χ2n) is 6.84. The molecule has 0 spiro atoms. The molecule has 1 aliphatic heterocycles. The SMILES string of the molecule is Cc1cc(C)c(SC2CCNCC2)c(Cn2cc(C)c(=O)[nH]c2=O)c1. The zero-order valence-electron chi connectivity index (χ0n) is 15.0. The van der Waals surface area contributed by atoms with Crippen LogP contribution in [0.15, 0.2) is 32.8 Å². The lowest BCUT2D eigenvalue weighted by molar-refractivity contribution is 0.531. The third-order valence-corrected chi connectivity index (χ3v) is 6.22. The summed E-state index contributed by atoms with van der Waals surface area (Å²) in [6.07, 6.45) is 3.97. The quantitative estimate of drug-likeness (QED) is 0.879. The van der Waals surface area contributed by atoms with E-state index in [9.17, 15) is 9.59 Å². The minimum absolute atomic E-state index is 0.314. The van der Waals surface area contributed by atoms with Crippen molar-refractivity contribution in [3.8, 4) is 0 Å². The first-order valence-electron chi connectivity index (χ1n) is 8.72. The monoisotopic (exact) mass is 359 g/mol. The third-order valence-electron chi connectivity index (χ3n) is 4.60. The van der Waals surface area contributed by atoms with Gasteiger partial charge in [0.2, 0.25) is 0 Å². The summed E-state index contributed by atoms with van der Waals surface area (Å²) in [5.74, 6) is 0. The predicted molar refractivity (Wildman–Crippen MR) is 103 cm³/mol. The lowest BCUT2D eigenvalue weighted by Crippen LogP contribution is -2.31. The number of aromatic nitrogens is 2. The molecule has 2 N–H and O–H groups in total. The molecule has 0 bridgehead atoms. The van der Waals surface area contributed by atoms with E-state index in [1.807, 2.05) is 11.8 Å². The van der Waals surface area contributed by atoms with Crippen molar-refractivity contribution in [2.45, 2.75) is 50.3 Å². The summed E-state index contributed by atoms with van der Waals surface area (Å²) < 4.78 is 1.59. The molecular formula is C19H25N3O2S. The Bertz CT molecular complexity index is 879. The van der Waals surface area contributed by atoms with Gasteiger partial charge in [-0.1, -0.05) is 17.7 Å². The number of benzene rings is 1. The van der Waals surface area contributed by atoms with Crippen LogP contribution in [0.1, 0.15) is 35.1 Å². The van der Waals surface area contributed by atoms with E-state index in [4.69, 9.17) is 0 Å². The van der Waals surface area contributed by atoms with Gasteiger partial charge in [-0.3, -0.25) is 14.3 Å². The summed E-state index contributed by atoms with van der Waals surface area (Å²) in [6, 6.07) is 4.36. The van der Waals surface area contributed by atoms with E-state index in [1.165, 1.54) is 16.0 Å². The van der Waals surface area contributed by atoms with Crippen molar-refractivity contribution in [1.29, 1.82) is 0 Å². The Kier molecular flexibility index (Phi) is 5.49. The Morgan fingerprint density at radius 1 is 1.12 bits per heavy atom. The molecule has 0 radical (unpaired) electrons. The minimum Gasteiger partial charge on any atom is -0.317 e. The van der Waals surface area contributed by atoms with Gasteiger partial charge in [0.1, 0.15) is 0 Å². The molecule has 1 aromatic carbocycles. The van der Waals surface area contributed by atoms with Crippen LogP contribution in [-0.4, -0.2) is 27.9 Å². The molecule has 2 aromatic rings. The molecule has 1 aromatic heterocycles. The molecule has 3 rings (SSSR count). The highest BCUT2D eigenvalue weighted by atomic mass is 32.2. The molecule has 5 nitrogen and oxygen atoms in total. The van der Waals surface area contributed by atoms with Crippen molar-refractivity contribution in [2.24, 2.45) is 0 Å². The lowest BCUT2D eigenvalue weighted by atomic mass is 10.1. The van der Waals surface area contributed by atoms with Gasteiger partial charge in [-0.2, -0.15) is 0 Å². The van der Waals surface area contributed by atoms with Crippen LogP contribution in [0.2, 0.25) is 0 Å². The first kappa shape index (κ1) is 18.0. The molecule has 1 fully saturated rings. The molecule has 1 aliphatic rings. The number of aromatic amines is 1. The summed E-state index contributed by atoms with van der Waals surface area (Å²) >= 11 is 1.93. The van der Waals surface area contributed by atoms with E-state index in [1.54, 1.807) is 17.7 Å². The van der Waals surface area contributed by atoms with Crippen molar-refractivity contribution in [3.63, 3.8) is 0 Å². The van der Waals surface area contributed by atoms with Crippen LogP contribution in [0.3, 0.4) is 0 Å². The molecule has 1 saturated heterocycles. The van der Waals surface area contributed by atoms with Gasteiger partial charge in [-0.15, -0.1) is 11.8 Å². The number of H-pyrrole nitrogens is 1. The van der Waals surface area contributed by atoms with E-state index in [0.29, 0.717) is 17.4 Å². The fourth-order valence-corrected chi connectivity index (χ4v) is 4.65. The zero-order valence-corrected chi connectivity index (χ0v) is 15.8. The highest BCUT2D eigenvalue weighted by molar-refractivity contribution is 8.00. The summed E-state index contributed by atoms with van der Waals surface area (Å²) in [5, 5.41) is 4.01. The molecule has 134 valence electrons. The number of aryl methyl sites for hydroxylation is 3. The van der Waals surface area contributed by atoms with Crippen LogP contribution >= 0.6 is 11.8 Å². The maximum atomic E-state index is 12.2. The van der Waals surface area contributed by atoms with Crippen molar-refractivity contribution < 1.29 is 0 Å². The third kappa shape index (κ3) is 4.25. The van der Waals surface area contributed by atoms with Gasteiger partial charge in [-0.25, -0.2) is 4.79 Å². The number of rotatable bonds is 4. The lowest BCUT2D eigenvalue weighted by Gasteiger charge is -2.24. The molecule has 0 amide bonds. The largest absolute Gasteiger partial charge is 0.328 e. The van der Waals surface area contributed by atoms with Crippen LogP contribution in [-0.2, 0) is 6.54 Å². The van der Waals surface area contributed by atoms with Gasteiger partial charge in [-0.05, 0) is 57.8 Å². The second-order valence-corrected chi connectivity index (χ2v) is 8.15. The summed E-state index contributed by atoms with van der Waals surface area (Å²) in [4.78, 5) is 27.4. The van der Waals surface area contributed by atoms with E-state index < -0.39 is 0 Å². The average molecular weight is 359 g/mol. The van der Waals surface area contributed by atoms with Gasteiger partial charge in [0.15, 0.2) is 0 Å². The first-order valence-corrected chi connectivity index (χ1v) is 9.60. The number of hydrogen-bond donors (Lipinski definition) is 2. The van der Waals surface area contributed by atoms with E-state index in [0.717, 1.165) is 31.5 Å². The minimum atomic E-state index is -0.354. The van der Waals surface area contributed by atoms with Crippen LogP contribution in [0, 0.1) is 20.8 Å². The molecule has 0 aliphatic carbocycles. The summed E-state index contributed by atoms with van der Waals surface area (Å²) in [5.41, 5.74) is 3.48. The van der Waals surface area contributed by atoms with Crippen molar-refractivity contribution in [1.82, 2.24) is 14.9 Å². The first-order chi connectivity index (χ1) is 11.9. The van der Waals surface area contributed by atoms with Crippen molar-refractivity contribution >= 4 is 11.8 Å². The van der Waals surface area contributed by atoms with Crippen molar-refractivity contribution in [3.05, 3.63) is 61.4 Å². The number of thioether (sulfide) groups is 1. The topological polar surface area (TPSA) is 66.9 Å². The standard InChI is InChI=1S/C19H25N3O2S/c1-12-8-13(2)17(25-16-4-6-20-7-5-16)15(9-12)11-22-10-14(3)18(23)21-19(22)24/h8-10,16,20H,4-7,11H2,1-3H3,(H,21,23,24). The molecule has 0 atom stereocenters. The molecule has 2 heterocycles. The summed E-state index contributed by atoms with van der Waals surface area (Å²) in [7, 11) is 0.